The minimum absolute atomic E-state index is 0.185. The van der Waals surface area contributed by atoms with E-state index in [0.717, 1.165) is 11.3 Å². The van der Waals surface area contributed by atoms with Crippen molar-refractivity contribution < 1.29 is 23.9 Å². The number of fused-ring (bicyclic) bond motifs is 1. The highest BCUT2D eigenvalue weighted by molar-refractivity contribution is 5.98. The van der Waals surface area contributed by atoms with Crippen molar-refractivity contribution in [1.29, 1.82) is 0 Å². The van der Waals surface area contributed by atoms with Crippen LogP contribution in [0.5, 0.6) is 5.75 Å². The van der Waals surface area contributed by atoms with Crippen molar-refractivity contribution >= 4 is 23.5 Å². The molecule has 1 aliphatic heterocycles. The number of rotatable bonds is 7. The van der Waals surface area contributed by atoms with Crippen LogP contribution in [0.15, 0.2) is 48.5 Å². The highest BCUT2D eigenvalue weighted by atomic mass is 16.6. The van der Waals surface area contributed by atoms with E-state index in [1.807, 2.05) is 45.0 Å². The number of amides is 2. The first-order valence-corrected chi connectivity index (χ1v) is 10.8. The first kappa shape index (κ1) is 23.3. The molecule has 1 N–H and O–H groups in total. The normalized spacial score (nSPS) is 14.8. The van der Waals surface area contributed by atoms with Gasteiger partial charge in [0.05, 0.1) is 0 Å². The Morgan fingerprint density at radius 1 is 1.12 bits per heavy atom. The Morgan fingerprint density at radius 3 is 2.59 bits per heavy atom. The van der Waals surface area contributed by atoms with E-state index in [1.54, 1.807) is 36.2 Å². The molecular weight excluding hydrogens is 408 g/mol. The fraction of sp³-hybridized carbons (Fsp3) is 0.400. The van der Waals surface area contributed by atoms with Gasteiger partial charge in [-0.1, -0.05) is 24.3 Å². The average Bonchev–Trinajstić information content (AvgIpc) is 3.16. The largest absolute Gasteiger partial charge is 0.480 e. The minimum Gasteiger partial charge on any atom is -0.480 e. The van der Waals surface area contributed by atoms with E-state index in [4.69, 9.17) is 9.47 Å². The van der Waals surface area contributed by atoms with Crippen LogP contribution < -0.4 is 10.1 Å². The molecule has 2 aromatic carbocycles. The summed E-state index contributed by atoms with van der Waals surface area (Å²) in [7, 11) is 1.69. The molecule has 7 heteroatoms. The third-order valence-corrected chi connectivity index (χ3v) is 4.96. The van der Waals surface area contributed by atoms with E-state index in [-0.39, 0.29) is 24.2 Å². The molecule has 7 nitrogen and oxygen atoms in total. The number of carbonyl (C=O) groups excluding carboxylic acids is 3. The number of para-hydroxylation sites is 1. The van der Waals surface area contributed by atoms with E-state index in [0.29, 0.717) is 30.6 Å². The maximum Gasteiger partial charge on any atom is 0.306 e. The Labute approximate surface area is 188 Å². The van der Waals surface area contributed by atoms with Crippen molar-refractivity contribution in [2.45, 2.75) is 51.7 Å². The number of ether oxygens (including phenoxy) is 2. The number of carbonyl (C=O) groups is 3. The van der Waals surface area contributed by atoms with Crippen LogP contribution >= 0.6 is 0 Å². The molecule has 2 aromatic rings. The second-order valence-corrected chi connectivity index (χ2v) is 8.91. The quantitative estimate of drug-likeness (QED) is 0.665. The molecule has 1 atom stereocenters. The fourth-order valence-electron chi connectivity index (χ4n) is 3.46. The molecule has 1 unspecified atom stereocenters. The third kappa shape index (κ3) is 6.33. The molecule has 0 bridgehead atoms. The molecular formula is C25H30N2O5. The first-order valence-electron chi connectivity index (χ1n) is 10.8. The van der Waals surface area contributed by atoms with Gasteiger partial charge in [-0.25, -0.2) is 0 Å². The summed E-state index contributed by atoms with van der Waals surface area (Å²) in [5.41, 5.74) is 1.47. The zero-order valence-corrected chi connectivity index (χ0v) is 19.0. The Bertz CT molecular complexity index is 971. The lowest BCUT2D eigenvalue weighted by molar-refractivity contribution is -0.155. The molecule has 0 saturated carbocycles. The van der Waals surface area contributed by atoms with Crippen molar-refractivity contribution in [2.24, 2.45) is 0 Å². The van der Waals surface area contributed by atoms with Crippen LogP contribution in [0, 0.1) is 0 Å². The second-order valence-electron chi connectivity index (χ2n) is 8.91. The standard InChI is InChI=1S/C25H30N2O5/c1-25(2,3)32-22(28)13-8-14-27(4)24(30)18-10-7-11-19(15-18)26-23(29)21-16-17-9-5-6-12-20(17)31-21/h5-7,9-12,15,21H,8,13-14,16H2,1-4H3,(H,26,29). The van der Waals surface area contributed by atoms with Crippen LogP contribution in [0.2, 0.25) is 0 Å². The van der Waals surface area contributed by atoms with Crippen LogP contribution in [-0.2, 0) is 20.7 Å². The van der Waals surface area contributed by atoms with E-state index in [2.05, 4.69) is 5.32 Å². The number of anilines is 1. The van der Waals surface area contributed by atoms with E-state index in [1.165, 1.54) is 0 Å². The summed E-state index contributed by atoms with van der Waals surface area (Å²) >= 11 is 0. The Kier molecular flexibility index (Phi) is 7.18. The number of benzene rings is 2. The second kappa shape index (κ2) is 9.85. The van der Waals surface area contributed by atoms with Gasteiger partial charge in [0.2, 0.25) is 0 Å². The first-order chi connectivity index (χ1) is 15.1. The van der Waals surface area contributed by atoms with Crippen molar-refractivity contribution in [3.8, 4) is 5.75 Å². The molecule has 0 spiro atoms. The molecule has 0 fully saturated rings. The van der Waals surface area contributed by atoms with E-state index < -0.39 is 11.7 Å². The number of esters is 1. The predicted molar refractivity (Wildman–Crippen MR) is 122 cm³/mol. The average molecular weight is 439 g/mol. The summed E-state index contributed by atoms with van der Waals surface area (Å²) in [6.45, 7) is 5.89. The molecule has 32 heavy (non-hydrogen) atoms. The summed E-state index contributed by atoms with van der Waals surface area (Å²) in [4.78, 5) is 38.8. The summed E-state index contributed by atoms with van der Waals surface area (Å²) in [6, 6.07) is 14.4. The van der Waals surface area contributed by atoms with Crippen LogP contribution in [-0.4, -0.2) is 48.0 Å². The van der Waals surface area contributed by atoms with Gasteiger partial charge in [0.25, 0.3) is 11.8 Å². The number of hydrogen-bond donors (Lipinski definition) is 1. The maximum absolute atomic E-state index is 12.8. The van der Waals surface area contributed by atoms with Gasteiger partial charge in [-0.3, -0.25) is 14.4 Å². The minimum atomic E-state index is -0.595. The molecule has 0 saturated heterocycles. The van der Waals surface area contributed by atoms with Crippen molar-refractivity contribution in [3.05, 3.63) is 59.7 Å². The van der Waals surface area contributed by atoms with Crippen LogP contribution in [0.25, 0.3) is 0 Å². The van der Waals surface area contributed by atoms with Crippen LogP contribution in [0.4, 0.5) is 5.69 Å². The Balaban J connectivity index is 1.52. The van der Waals surface area contributed by atoms with Gasteiger partial charge < -0.3 is 19.7 Å². The van der Waals surface area contributed by atoms with E-state index in [9.17, 15) is 14.4 Å². The van der Waals surface area contributed by atoms with Crippen molar-refractivity contribution in [1.82, 2.24) is 4.90 Å². The smallest absolute Gasteiger partial charge is 0.306 e. The SMILES string of the molecule is CN(CCCC(=O)OC(C)(C)C)C(=O)c1cccc(NC(=O)C2Cc3ccccc3O2)c1. The molecule has 2 amide bonds. The highest BCUT2D eigenvalue weighted by Gasteiger charge is 2.29. The van der Waals surface area contributed by atoms with Crippen LogP contribution in [0.1, 0.15) is 49.5 Å². The molecule has 1 heterocycles. The molecule has 0 radical (unpaired) electrons. The molecule has 0 aliphatic carbocycles. The van der Waals surface area contributed by atoms with Gasteiger partial charge in [0.15, 0.2) is 6.10 Å². The lowest BCUT2D eigenvalue weighted by atomic mass is 10.1. The Hall–Kier alpha value is -3.35. The molecule has 1 aliphatic rings. The summed E-state index contributed by atoms with van der Waals surface area (Å²) in [5, 5.41) is 2.84. The van der Waals surface area contributed by atoms with Gasteiger partial charge in [0, 0.05) is 37.7 Å². The zero-order valence-electron chi connectivity index (χ0n) is 19.0. The zero-order chi connectivity index (χ0) is 23.3. The van der Waals surface area contributed by atoms with Gasteiger partial charge >= 0.3 is 5.97 Å². The van der Waals surface area contributed by atoms with Crippen molar-refractivity contribution in [3.63, 3.8) is 0 Å². The van der Waals surface area contributed by atoms with Gasteiger partial charge in [-0.2, -0.15) is 0 Å². The Morgan fingerprint density at radius 2 is 1.88 bits per heavy atom. The predicted octanol–water partition coefficient (Wildman–Crippen LogP) is 3.82. The maximum atomic E-state index is 12.8. The van der Waals surface area contributed by atoms with Crippen LogP contribution in [0.3, 0.4) is 0 Å². The molecule has 170 valence electrons. The lowest BCUT2D eigenvalue weighted by Gasteiger charge is -2.21. The molecule has 3 rings (SSSR count). The summed E-state index contributed by atoms with van der Waals surface area (Å²) < 4.78 is 11.0. The summed E-state index contributed by atoms with van der Waals surface area (Å²) in [6.07, 6.45) is 0.672. The van der Waals surface area contributed by atoms with Gasteiger partial charge in [-0.05, 0) is 57.0 Å². The van der Waals surface area contributed by atoms with Gasteiger partial charge in [0.1, 0.15) is 11.4 Å². The number of nitrogens with one attached hydrogen (secondary N) is 1. The van der Waals surface area contributed by atoms with Crippen molar-refractivity contribution in [2.75, 3.05) is 18.9 Å². The fourth-order valence-corrected chi connectivity index (χ4v) is 3.46. The van der Waals surface area contributed by atoms with E-state index >= 15 is 0 Å². The topological polar surface area (TPSA) is 84.9 Å². The summed E-state index contributed by atoms with van der Waals surface area (Å²) in [5.74, 6) is 0.00949. The monoisotopic (exact) mass is 438 g/mol. The molecule has 0 aromatic heterocycles. The third-order valence-electron chi connectivity index (χ3n) is 4.96. The lowest BCUT2D eigenvalue weighted by Crippen LogP contribution is -2.32. The highest BCUT2D eigenvalue weighted by Crippen LogP contribution is 2.28. The number of nitrogens with zero attached hydrogens (tertiary/aromatic N) is 1. The number of hydrogen-bond acceptors (Lipinski definition) is 5. The van der Waals surface area contributed by atoms with Gasteiger partial charge in [-0.15, -0.1) is 0 Å².